The van der Waals surface area contributed by atoms with Gasteiger partial charge in [0, 0.05) is 6.07 Å². The first-order chi connectivity index (χ1) is 18.2. The highest BCUT2D eigenvalue weighted by molar-refractivity contribution is 6.39. The smallest absolute Gasteiger partial charge is 0.335 e. The molecular weight excluding hydrogens is 500 g/mol. The molecule has 4 amide bonds. The maximum absolute atomic E-state index is 13.1. The van der Waals surface area contributed by atoms with Crippen molar-refractivity contribution in [2.75, 3.05) is 11.5 Å². The first-order valence-corrected chi connectivity index (χ1v) is 11.0. The predicted molar refractivity (Wildman–Crippen MR) is 133 cm³/mol. The third kappa shape index (κ3) is 5.16. The summed E-state index contributed by atoms with van der Waals surface area (Å²) in [4.78, 5) is 59.6. The summed E-state index contributed by atoms with van der Waals surface area (Å²) in [5.74, 6) is -1.80. The summed E-state index contributed by atoms with van der Waals surface area (Å²) in [6.45, 7) is 1.86. The lowest BCUT2D eigenvalue weighted by molar-refractivity contribution is -0.394. The number of hydrogen-bond acceptors (Lipinski definition) is 9. The van der Waals surface area contributed by atoms with Gasteiger partial charge >= 0.3 is 11.7 Å². The Kier molecular flexibility index (Phi) is 7.10. The summed E-state index contributed by atoms with van der Waals surface area (Å²) >= 11 is 0. The van der Waals surface area contributed by atoms with E-state index in [0.29, 0.717) is 5.56 Å². The van der Waals surface area contributed by atoms with E-state index in [2.05, 4.69) is 5.32 Å². The number of para-hydroxylation sites is 1. The number of urea groups is 1. The number of benzene rings is 3. The Bertz CT molecular complexity index is 1500. The molecule has 3 aromatic carbocycles. The number of nitro benzene ring substituents is 2. The summed E-state index contributed by atoms with van der Waals surface area (Å²) < 4.78 is 11.2. The zero-order chi connectivity index (χ0) is 27.4. The van der Waals surface area contributed by atoms with Gasteiger partial charge in [0.25, 0.3) is 17.5 Å². The quantitative estimate of drug-likeness (QED) is 0.197. The molecule has 1 aliphatic heterocycles. The van der Waals surface area contributed by atoms with Crippen LogP contribution in [0.25, 0.3) is 6.08 Å². The van der Waals surface area contributed by atoms with Gasteiger partial charge < -0.3 is 9.47 Å². The fraction of sp³-hybridized carbons (Fsp3) is 0.0800. The molecule has 13 heteroatoms. The van der Waals surface area contributed by atoms with E-state index < -0.39 is 39.1 Å². The van der Waals surface area contributed by atoms with Crippen molar-refractivity contribution in [3.8, 4) is 17.2 Å². The molecular formula is C25H18N4O9. The SMILES string of the molecule is CCOc1cc(/C=C2\C(=O)NC(=O)N(c3ccccc3)C2=O)ccc1Oc1ccc([N+](=O)[O-])cc1[N+](=O)[O-]. The fourth-order valence-electron chi connectivity index (χ4n) is 3.57. The Hall–Kier alpha value is -5.59. The molecule has 3 aromatic rings. The second kappa shape index (κ2) is 10.6. The maximum atomic E-state index is 13.1. The Morgan fingerprint density at radius 3 is 2.26 bits per heavy atom. The van der Waals surface area contributed by atoms with Crippen LogP contribution in [0.4, 0.5) is 21.9 Å². The topological polar surface area (TPSA) is 171 Å². The molecule has 0 aliphatic carbocycles. The highest BCUT2D eigenvalue weighted by Gasteiger charge is 2.36. The minimum atomic E-state index is -0.883. The molecule has 0 atom stereocenters. The number of nitrogens with one attached hydrogen (secondary N) is 1. The molecule has 0 unspecified atom stereocenters. The van der Waals surface area contributed by atoms with E-state index in [1.807, 2.05) is 0 Å². The van der Waals surface area contributed by atoms with Crippen molar-refractivity contribution >= 4 is 41.0 Å². The van der Waals surface area contributed by atoms with Crippen LogP contribution in [0.1, 0.15) is 12.5 Å². The lowest BCUT2D eigenvalue weighted by Crippen LogP contribution is -2.54. The molecule has 0 spiro atoms. The third-order valence-corrected chi connectivity index (χ3v) is 5.26. The fourth-order valence-corrected chi connectivity index (χ4v) is 3.57. The first kappa shape index (κ1) is 25.5. The van der Waals surface area contributed by atoms with E-state index in [0.717, 1.165) is 23.1 Å². The van der Waals surface area contributed by atoms with Gasteiger partial charge in [-0.15, -0.1) is 0 Å². The lowest BCUT2D eigenvalue weighted by atomic mass is 10.1. The lowest BCUT2D eigenvalue weighted by Gasteiger charge is -2.26. The number of amides is 4. The number of anilines is 1. The highest BCUT2D eigenvalue weighted by Crippen LogP contribution is 2.39. The summed E-state index contributed by atoms with van der Waals surface area (Å²) in [6.07, 6.45) is 1.26. The van der Waals surface area contributed by atoms with Crippen LogP contribution >= 0.6 is 0 Å². The van der Waals surface area contributed by atoms with Crippen LogP contribution in [-0.4, -0.2) is 34.3 Å². The zero-order valence-electron chi connectivity index (χ0n) is 19.7. The number of rotatable bonds is 8. The van der Waals surface area contributed by atoms with E-state index in [9.17, 15) is 34.6 Å². The molecule has 0 saturated carbocycles. The molecule has 1 heterocycles. The van der Waals surface area contributed by atoms with Crippen LogP contribution in [0.3, 0.4) is 0 Å². The number of carbonyl (C=O) groups is 3. The van der Waals surface area contributed by atoms with E-state index in [1.54, 1.807) is 37.3 Å². The van der Waals surface area contributed by atoms with Crippen LogP contribution < -0.4 is 19.7 Å². The molecule has 0 bridgehead atoms. The molecule has 0 radical (unpaired) electrons. The molecule has 1 aliphatic rings. The second-order valence-electron chi connectivity index (χ2n) is 7.70. The number of barbiturate groups is 1. The van der Waals surface area contributed by atoms with E-state index in [-0.39, 0.29) is 35.1 Å². The molecule has 192 valence electrons. The first-order valence-electron chi connectivity index (χ1n) is 11.0. The van der Waals surface area contributed by atoms with Gasteiger partial charge in [-0.25, -0.2) is 9.69 Å². The number of imide groups is 2. The molecule has 1 N–H and O–H groups in total. The molecule has 13 nitrogen and oxygen atoms in total. The standard InChI is InChI=1S/C25H18N4O9/c1-2-37-22-13-15(8-10-21(22)38-20-11-9-17(28(33)34)14-19(20)29(35)36)12-18-23(30)26-25(32)27(24(18)31)16-6-4-3-5-7-16/h3-14H,2H2,1H3,(H,26,30,32)/b18-12+. The Balaban J connectivity index is 1.69. The monoisotopic (exact) mass is 518 g/mol. The van der Waals surface area contributed by atoms with Crippen molar-refractivity contribution in [3.63, 3.8) is 0 Å². The maximum Gasteiger partial charge on any atom is 0.335 e. The van der Waals surface area contributed by atoms with Gasteiger partial charge in [-0.1, -0.05) is 24.3 Å². The largest absolute Gasteiger partial charge is 0.490 e. The normalized spacial score (nSPS) is 14.3. The van der Waals surface area contributed by atoms with Crippen molar-refractivity contribution in [1.82, 2.24) is 5.32 Å². The van der Waals surface area contributed by atoms with E-state index in [1.165, 1.54) is 24.3 Å². The van der Waals surface area contributed by atoms with Gasteiger partial charge in [-0.3, -0.25) is 35.1 Å². The minimum Gasteiger partial charge on any atom is -0.490 e. The van der Waals surface area contributed by atoms with E-state index in [4.69, 9.17) is 9.47 Å². The average Bonchev–Trinajstić information content (AvgIpc) is 2.88. The summed E-state index contributed by atoms with van der Waals surface area (Å²) in [7, 11) is 0. The average molecular weight is 518 g/mol. The molecule has 0 aromatic heterocycles. The molecule has 1 fully saturated rings. The summed E-state index contributed by atoms with van der Waals surface area (Å²) in [6, 6.07) is 14.4. The van der Waals surface area contributed by atoms with Crippen molar-refractivity contribution < 1.29 is 33.7 Å². The van der Waals surface area contributed by atoms with E-state index >= 15 is 0 Å². The minimum absolute atomic E-state index is 0.0477. The van der Waals surface area contributed by atoms with Gasteiger partial charge in [0.1, 0.15) is 5.57 Å². The number of carbonyl (C=O) groups excluding carboxylic acids is 3. The van der Waals surface area contributed by atoms with Crippen LogP contribution in [0.5, 0.6) is 17.2 Å². The number of non-ortho nitro benzene ring substituents is 1. The Labute approximate surface area is 214 Å². The van der Waals surface area contributed by atoms with Gasteiger partial charge in [-0.05, 0) is 48.9 Å². The van der Waals surface area contributed by atoms with Crippen LogP contribution in [0.15, 0.2) is 72.3 Å². The molecule has 38 heavy (non-hydrogen) atoms. The molecule has 4 rings (SSSR count). The van der Waals surface area contributed by atoms with Crippen LogP contribution in [0.2, 0.25) is 0 Å². The molecule has 1 saturated heterocycles. The van der Waals surface area contributed by atoms with Crippen molar-refractivity contribution in [3.05, 3.63) is 98.1 Å². The third-order valence-electron chi connectivity index (χ3n) is 5.26. The van der Waals surface area contributed by atoms with Crippen molar-refractivity contribution in [1.29, 1.82) is 0 Å². The predicted octanol–water partition coefficient (Wildman–Crippen LogP) is 4.36. The number of ether oxygens (including phenoxy) is 2. The zero-order valence-corrected chi connectivity index (χ0v) is 19.7. The van der Waals surface area contributed by atoms with Crippen LogP contribution in [-0.2, 0) is 9.59 Å². The van der Waals surface area contributed by atoms with Crippen molar-refractivity contribution in [2.24, 2.45) is 0 Å². The highest BCUT2D eigenvalue weighted by atomic mass is 16.6. The Morgan fingerprint density at radius 2 is 1.61 bits per heavy atom. The summed E-state index contributed by atoms with van der Waals surface area (Å²) in [5.41, 5.74) is -0.801. The number of nitro groups is 2. The number of nitrogens with zero attached hydrogens (tertiary/aromatic N) is 3. The summed E-state index contributed by atoms with van der Waals surface area (Å²) in [5, 5.41) is 24.6. The van der Waals surface area contributed by atoms with Gasteiger partial charge in [0.15, 0.2) is 11.5 Å². The van der Waals surface area contributed by atoms with Gasteiger partial charge in [-0.2, -0.15) is 0 Å². The van der Waals surface area contributed by atoms with Crippen LogP contribution in [0, 0.1) is 20.2 Å². The van der Waals surface area contributed by atoms with Gasteiger partial charge in [0.05, 0.1) is 28.2 Å². The van der Waals surface area contributed by atoms with Crippen molar-refractivity contribution in [2.45, 2.75) is 6.92 Å². The number of hydrogen-bond donors (Lipinski definition) is 1. The second-order valence-corrected chi connectivity index (χ2v) is 7.70. The Morgan fingerprint density at radius 1 is 0.895 bits per heavy atom. The van der Waals surface area contributed by atoms with Gasteiger partial charge in [0.2, 0.25) is 5.75 Å².